The van der Waals surface area contributed by atoms with Gasteiger partial charge < -0.3 is 14.3 Å². The van der Waals surface area contributed by atoms with Crippen molar-refractivity contribution in [1.29, 1.82) is 0 Å². The van der Waals surface area contributed by atoms with E-state index in [1.54, 1.807) is 12.4 Å². The van der Waals surface area contributed by atoms with Crippen molar-refractivity contribution < 1.29 is 9.32 Å². The van der Waals surface area contributed by atoms with E-state index in [1.807, 2.05) is 29.2 Å². The van der Waals surface area contributed by atoms with Crippen LogP contribution in [0.4, 0.5) is 0 Å². The predicted molar refractivity (Wildman–Crippen MR) is 116 cm³/mol. The fraction of sp³-hybridized carbons (Fsp3) is 0.417. The van der Waals surface area contributed by atoms with Crippen LogP contribution in [0.3, 0.4) is 0 Å². The first-order chi connectivity index (χ1) is 15.0. The Morgan fingerprint density at radius 2 is 2.16 bits per heavy atom. The molecule has 2 atom stereocenters. The molecule has 0 saturated carbocycles. The summed E-state index contributed by atoms with van der Waals surface area (Å²) in [6.07, 6.45) is 4.87. The molecule has 4 heterocycles. The molecule has 160 valence electrons. The van der Waals surface area contributed by atoms with Gasteiger partial charge in [-0.1, -0.05) is 35.0 Å². The number of pyridine rings is 1. The number of benzene rings is 1. The zero-order valence-corrected chi connectivity index (χ0v) is 18.0. The minimum absolute atomic E-state index is 0.0429. The molecule has 0 unspecified atom stereocenters. The number of amides is 1. The zero-order valence-electron chi connectivity index (χ0n) is 18.0. The van der Waals surface area contributed by atoms with Gasteiger partial charge in [-0.15, -0.1) is 0 Å². The largest absolute Gasteiger partial charge is 0.341 e. The fourth-order valence-corrected chi connectivity index (χ4v) is 5.09. The summed E-state index contributed by atoms with van der Waals surface area (Å²) in [6.45, 7) is 5.33. The van der Waals surface area contributed by atoms with E-state index >= 15 is 0 Å². The maximum Gasteiger partial charge on any atom is 0.232 e. The quantitative estimate of drug-likeness (QED) is 0.650. The minimum Gasteiger partial charge on any atom is -0.341 e. The summed E-state index contributed by atoms with van der Waals surface area (Å²) >= 11 is 0. The molecule has 7 nitrogen and oxygen atoms in total. The van der Waals surface area contributed by atoms with Crippen molar-refractivity contribution in [3.8, 4) is 11.4 Å². The van der Waals surface area contributed by atoms with Gasteiger partial charge in [0.2, 0.25) is 17.6 Å². The minimum atomic E-state index is -0.0459. The Morgan fingerprint density at radius 1 is 1.26 bits per heavy atom. The van der Waals surface area contributed by atoms with Crippen molar-refractivity contribution in [1.82, 2.24) is 24.9 Å². The third kappa shape index (κ3) is 3.85. The first-order valence-corrected chi connectivity index (χ1v) is 10.8. The van der Waals surface area contributed by atoms with Crippen molar-refractivity contribution >= 4 is 5.91 Å². The van der Waals surface area contributed by atoms with Gasteiger partial charge in [-0.05, 0) is 44.6 Å². The molecular formula is C24H27N5O2. The molecule has 0 N–H and O–H groups in total. The molecule has 2 saturated heterocycles. The average Bonchev–Trinajstić information content (AvgIpc) is 3.48. The number of carbonyl (C=O) groups excluding carboxylic acids is 1. The van der Waals surface area contributed by atoms with E-state index in [0.29, 0.717) is 24.7 Å². The van der Waals surface area contributed by atoms with Gasteiger partial charge >= 0.3 is 0 Å². The van der Waals surface area contributed by atoms with E-state index in [0.717, 1.165) is 42.7 Å². The molecule has 1 spiro atoms. The molecule has 0 radical (unpaired) electrons. The number of nitrogens with zero attached hydrogens (tertiary/aromatic N) is 5. The summed E-state index contributed by atoms with van der Waals surface area (Å²) in [6, 6.07) is 11.9. The molecule has 2 aliphatic rings. The van der Waals surface area contributed by atoms with E-state index in [4.69, 9.17) is 9.51 Å². The molecule has 1 amide bonds. The summed E-state index contributed by atoms with van der Waals surface area (Å²) in [5.41, 5.74) is 3.00. The summed E-state index contributed by atoms with van der Waals surface area (Å²) in [5.74, 6) is 1.42. The Balaban J connectivity index is 1.41. The Bertz CT molecular complexity index is 1080. The average molecular weight is 418 g/mol. The fourth-order valence-electron chi connectivity index (χ4n) is 5.09. The van der Waals surface area contributed by atoms with Gasteiger partial charge in [0, 0.05) is 43.0 Å². The molecule has 7 heteroatoms. The summed E-state index contributed by atoms with van der Waals surface area (Å²) < 4.78 is 5.78. The first-order valence-electron chi connectivity index (χ1n) is 10.8. The van der Waals surface area contributed by atoms with E-state index in [-0.39, 0.29) is 17.2 Å². The second-order valence-electron chi connectivity index (χ2n) is 9.04. The maximum absolute atomic E-state index is 13.1. The highest BCUT2D eigenvalue weighted by atomic mass is 16.5. The third-order valence-corrected chi connectivity index (χ3v) is 6.67. The van der Waals surface area contributed by atoms with Gasteiger partial charge in [-0.2, -0.15) is 4.98 Å². The highest BCUT2D eigenvalue weighted by molar-refractivity contribution is 5.79. The van der Waals surface area contributed by atoms with Crippen LogP contribution in [-0.4, -0.2) is 64.1 Å². The van der Waals surface area contributed by atoms with Crippen LogP contribution in [0, 0.1) is 12.3 Å². The van der Waals surface area contributed by atoms with E-state index in [1.165, 1.54) is 0 Å². The molecule has 3 aromatic rings. The van der Waals surface area contributed by atoms with Crippen LogP contribution < -0.4 is 0 Å². The van der Waals surface area contributed by atoms with Crippen LogP contribution in [-0.2, 0) is 11.2 Å². The van der Waals surface area contributed by atoms with Gasteiger partial charge in [0.05, 0.1) is 12.3 Å². The Kier molecular flexibility index (Phi) is 5.06. The summed E-state index contributed by atoms with van der Waals surface area (Å²) in [4.78, 5) is 26.3. The second kappa shape index (κ2) is 7.89. The molecule has 31 heavy (non-hydrogen) atoms. The summed E-state index contributed by atoms with van der Waals surface area (Å²) in [5, 5.41) is 4.27. The van der Waals surface area contributed by atoms with Crippen LogP contribution >= 0.6 is 0 Å². The molecular weight excluding hydrogens is 390 g/mol. The van der Waals surface area contributed by atoms with Gasteiger partial charge in [0.25, 0.3) is 0 Å². The monoisotopic (exact) mass is 417 g/mol. The zero-order chi connectivity index (χ0) is 21.4. The topological polar surface area (TPSA) is 75.4 Å². The molecule has 5 rings (SSSR count). The van der Waals surface area contributed by atoms with Crippen LogP contribution in [0.25, 0.3) is 11.4 Å². The Hall–Kier alpha value is -3.06. The highest BCUT2D eigenvalue weighted by Gasteiger charge is 2.53. The number of carbonyl (C=O) groups is 1. The number of hydrogen-bond donors (Lipinski definition) is 0. The van der Waals surface area contributed by atoms with E-state index in [9.17, 15) is 4.79 Å². The third-order valence-electron chi connectivity index (χ3n) is 6.67. The lowest BCUT2D eigenvalue weighted by molar-refractivity contribution is -0.129. The molecule has 1 aromatic carbocycles. The Labute approximate surface area is 182 Å². The SMILES string of the molecule is Cc1cccc(-c2noc([C@@H]3CN(C(=O)Cc4cccnc4)C[C@@]34CCN(C)C4)n2)c1. The van der Waals surface area contributed by atoms with Crippen LogP contribution in [0.1, 0.15) is 29.4 Å². The molecule has 0 aliphatic carbocycles. The van der Waals surface area contributed by atoms with Crippen LogP contribution in [0.2, 0.25) is 0 Å². The Morgan fingerprint density at radius 3 is 2.90 bits per heavy atom. The highest BCUT2D eigenvalue weighted by Crippen LogP contribution is 2.48. The van der Waals surface area contributed by atoms with Gasteiger partial charge in [0.15, 0.2) is 0 Å². The standard InChI is InChI=1S/C24H27N5O2/c1-17-5-3-7-19(11-17)22-26-23(31-27-22)20-14-29(16-24(20)8-10-28(2)15-24)21(30)12-18-6-4-9-25-13-18/h3-7,9,11,13,20H,8,10,12,14-16H2,1-2H3/t20-,24-/m0/s1. The first kappa shape index (κ1) is 19.9. The number of likely N-dealkylation sites (tertiary alicyclic amines) is 2. The van der Waals surface area contributed by atoms with Crippen LogP contribution in [0.15, 0.2) is 53.3 Å². The van der Waals surface area contributed by atoms with Crippen molar-refractivity contribution in [3.05, 3.63) is 65.8 Å². The van der Waals surface area contributed by atoms with Crippen molar-refractivity contribution in [2.24, 2.45) is 5.41 Å². The van der Waals surface area contributed by atoms with Crippen molar-refractivity contribution in [2.75, 3.05) is 33.2 Å². The number of aryl methyl sites for hydroxylation is 1. The van der Waals surface area contributed by atoms with Gasteiger partial charge in [-0.25, -0.2) is 0 Å². The van der Waals surface area contributed by atoms with Crippen molar-refractivity contribution in [3.63, 3.8) is 0 Å². The number of aromatic nitrogens is 3. The number of hydrogen-bond acceptors (Lipinski definition) is 6. The van der Waals surface area contributed by atoms with Crippen molar-refractivity contribution in [2.45, 2.75) is 25.7 Å². The normalized spacial score (nSPS) is 23.7. The molecule has 0 bridgehead atoms. The van der Waals surface area contributed by atoms with E-state index in [2.05, 4.69) is 41.1 Å². The second-order valence-corrected chi connectivity index (χ2v) is 9.04. The maximum atomic E-state index is 13.1. The lowest BCUT2D eigenvalue weighted by Gasteiger charge is -2.27. The van der Waals surface area contributed by atoms with Gasteiger partial charge in [-0.3, -0.25) is 9.78 Å². The summed E-state index contributed by atoms with van der Waals surface area (Å²) in [7, 11) is 2.14. The lowest BCUT2D eigenvalue weighted by atomic mass is 9.77. The van der Waals surface area contributed by atoms with Gasteiger partial charge in [0.1, 0.15) is 0 Å². The number of rotatable bonds is 4. The smallest absolute Gasteiger partial charge is 0.232 e. The molecule has 2 fully saturated rings. The van der Waals surface area contributed by atoms with Crippen LogP contribution in [0.5, 0.6) is 0 Å². The predicted octanol–water partition coefficient (Wildman–Crippen LogP) is 2.93. The molecule has 2 aliphatic heterocycles. The molecule has 2 aromatic heterocycles. The van der Waals surface area contributed by atoms with E-state index < -0.39 is 0 Å². The lowest BCUT2D eigenvalue weighted by Crippen LogP contribution is -2.35.